The first-order valence-electron chi connectivity index (χ1n) is 8.51. The maximum atomic E-state index is 12.7. The van der Waals surface area contributed by atoms with Crippen LogP contribution in [0.4, 0.5) is 11.4 Å². The van der Waals surface area contributed by atoms with E-state index in [1.165, 1.54) is 7.11 Å². The molecular formula is C20H22N2O5. The molecule has 142 valence electrons. The quantitative estimate of drug-likeness (QED) is 0.732. The van der Waals surface area contributed by atoms with Gasteiger partial charge in [0.25, 0.3) is 0 Å². The largest absolute Gasteiger partial charge is 0.497 e. The van der Waals surface area contributed by atoms with Gasteiger partial charge in [0.1, 0.15) is 11.2 Å². The molecule has 1 aliphatic carbocycles. The molecule has 2 aromatic carbocycles. The van der Waals surface area contributed by atoms with E-state index in [1.54, 1.807) is 56.7 Å². The first-order valence-corrected chi connectivity index (χ1v) is 8.51. The standard InChI is InChI=1S/C20H22N2O5/c1-25-15-7-4-13(5-8-15)21-18(23)20(10-11-20)19(24)22-14-6-9-16(26-2)17(12-14)27-3/h4-9,12H,10-11H2,1-3H3,(H,21,23)(H,22,24). The third-order valence-electron chi connectivity index (χ3n) is 4.61. The van der Waals surface area contributed by atoms with E-state index in [9.17, 15) is 9.59 Å². The summed E-state index contributed by atoms with van der Waals surface area (Å²) < 4.78 is 15.5. The Hall–Kier alpha value is -3.22. The molecule has 0 atom stereocenters. The van der Waals surface area contributed by atoms with E-state index in [4.69, 9.17) is 14.2 Å². The monoisotopic (exact) mass is 370 g/mol. The fourth-order valence-corrected chi connectivity index (χ4v) is 2.77. The molecule has 0 spiro atoms. The fraction of sp³-hybridized carbons (Fsp3) is 0.300. The minimum atomic E-state index is -1.05. The van der Waals surface area contributed by atoms with Gasteiger partial charge < -0.3 is 24.8 Å². The first kappa shape index (κ1) is 18.6. The van der Waals surface area contributed by atoms with Crippen LogP contribution in [0.1, 0.15) is 12.8 Å². The topological polar surface area (TPSA) is 85.9 Å². The molecular weight excluding hydrogens is 348 g/mol. The Morgan fingerprint density at radius 1 is 0.778 bits per heavy atom. The molecule has 1 aliphatic rings. The zero-order valence-corrected chi connectivity index (χ0v) is 15.5. The number of carbonyl (C=O) groups is 2. The van der Waals surface area contributed by atoms with Crippen LogP contribution in [0.25, 0.3) is 0 Å². The van der Waals surface area contributed by atoms with Crippen LogP contribution in [0.2, 0.25) is 0 Å². The van der Waals surface area contributed by atoms with Crippen LogP contribution in [0, 0.1) is 5.41 Å². The SMILES string of the molecule is COc1ccc(NC(=O)C2(C(=O)Nc3ccc(OC)c(OC)c3)CC2)cc1. The number of benzene rings is 2. The van der Waals surface area contributed by atoms with E-state index in [-0.39, 0.29) is 11.8 Å². The molecule has 2 amide bonds. The summed E-state index contributed by atoms with van der Waals surface area (Å²) in [6.07, 6.45) is 1.02. The number of nitrogens with one attached hydrogen (secondary N) is 2. The van der Waals surface area contributed by atoms with Gasteiger partial charge in [-0.25, -0.2) is 0 Å². The third kappa shape index (κ3) is 3.81. The molecule has 27 heavy (non-hydrogen) atoms. The number of hydrogen-bond acceptors (Lipinski definition) is 5. The second kappa shape index (κ2) is 7.57. The van der Waals surface area contributed by atoms with Gasteiger partial charge in [-0.1, -0.05) is 0 Å². The van der Waals surface area contributed by atoms with Crippen molar-refractivity contribution in [3.63, 3.8) is 0 Å². The van der Waals surface area contributed by atoms with Gasteiger partial charge >= 0.3 is 0 Å². The minimum absolute atomic E-state index is 0.314. The minimum Gasteiger partial charge on any atom is -0.497 e. The molecule has 1 saturated carbocycles. The lowest BCUT2D eigenvalue weighted by Crippen LogP contribution is -2.35. The normalized spacial score (nSPS) is 14.0. The van der Waals surface area contributed by atoms with Crippen molar-refractivity contribution < 1.29 is 23.8 Å². The van der Waals surface area contributed by atoms with E-state index >= 15 is 0 Å². The molecule has 3 rings (SSSR count). The van der Waals surface area contributed by atoms with Gasteiger partial charge in [0, 0.05) is 17.4 Å². The summed E-state index contributed by atoms with van der Waals surface area (Å²) in [5.74, 6) is 1.11. The van der Waals surface area contributed by atoms with Crippen molar-refractivity contribution in [1.82, 2.24) is 0 Å². The second-order valence-corrected chi connectivity index (χ2v) is 6.29. The van der Waals surface area contributed by atoms with Gasteiger partial charge in [0.05, 0.1) is 21.3 Å². The molecule has 0 aromatic heterocycles. The number of carbonyl (C=O) groups excluding carboxylic acids is 2. The van der Waals surface area contributed by atoms with Gasteiger partial charge in [0.2, 0.25) is 11.8 Å². The summed E-state index contributed by atoms with van der Waals surface area (Å²) in [5.41, 5.74) is 0.111. The van der Waals surface area contributed by atoms with Gasteiger partial charge in [-0.3, -0.25) is 9.59 Å². The maximum Gasteiger partial charge on any atom is 0.240 e. The highest BCUT2D eigenvalue weighted by Gasteiger charge is 2.56. The van der Waals surface area contributed by atoms with Crippen LogP contribution in [0.15, 0.2) is 42.5 Å². The Balaban J connectivity index is 1.69. The highest BCUT2D eigenvalue weighted by molar-refractivity contribution is 6.16. The fourth-order valence-electron chi connectivity index (χ4n) is 2.77. The summed E-state index contributed by atoms with van der Waals surface area (Å²) in [7, 11) is 4.64. The molecule has 0 bridgehead atoms. The molecule has 2 N–H and O–H groups in total. The van der Waals surface area contributed by atoms with Crippen molar-refractivity contribution in [3.05, 3.63) is 42.5 Å². The lowest BCUT2D eigenvalue weighted by atomic mass is 10.0. The van der Waals surface area contributed by atoms with Crippen LogP contribution in [0.5, 0.6) is 17.2 Å². The molecule has 7 nitrogen and oxygen atoms in total. The van der Waals surface area contributed by atoms with E-state index in [1.807, 2.05) is 0 Å². The Kier molecular flexibility index (Phi) is 5.21. The van der Waals surface area contributed by atoms with Crippen molar-refractivity contribution in [1.29, 1.82) is 0 Å². The van der Waals surface area contributed by atoms with Crippen molar-refractivity contribution >= 4 is 23.2 Å². The highest BCUT2D eigenvalue weighted by atomic mass is 16.5. The zero-order chi connectivity index (χ0) is 19.4. The van der Waals surface area contributed by atoms with Crippen molar-refractivity contribution in [3.8, 4) is 17.2 Å². The zero-order valence-electron chi connectivity index (χ0n) is 15.5. The predicted octanol–water partition coefficient (Wildman–Crippen LogP) is 3.07. The number of amides is 2. The predicted molar refractivity (Wildman–Crippen MR) is 101 cm³/mol. The maximum absolute atomic E-state index is 12.7. The highest BCUT2D eigenvalue weighted by Crippen LogP contribution is 2.47. The van der Waals surface area contributed by atoms with E-state index < -0.39 is 5.41 Å². The molecule has 0 saturated heterocycles. The van der Waals surface area contributed by atoms with Crippen LogP contribution in [-0.2, 0) is 9.59 Å². The first-order chi connectivity index (χ1) is 13.0. The number of hydrogen-bond donors (Lipinski definition) is 2. The average molecular weight is 370 g/mol. The molecule has 0 heterocycles. The van der Waals surface area contributed by atoms with Gasteiger partial charge in [-0.15, -0.1) is 0 Å². The lowest BCUT2D eigenvalue weighted by molar-refractivity contribution is -0.131. The van der Waals surface area contributed by atoms with E-state index in [0.717, 1.165) is 0 Å². The number of methoxy groups -OCH3 is 3. The third-order valence-corrected chi connectivity index (χ3v) is 4.61. The molecule has 2 aromatic rings. The van der Waals surface area contributed by atoms with Gasteiger partial charge in [-0.2, -0.15) is 0 Å². The summed E-state index contributed by atoms with van der Waals surface area (Å²) in [6, 6.07) is 12.0. The smallest absolute Gasteiger partial charge is 0.240 e. The molecule has 0 unspecified atom stereocenters. The Bertz CT molecular complexity index is 844. The van der Waals surface area contributed by atoms with Crippen LogP contribution < -0.4 is 24.8 Å². The molecule has 0 aliphatic heterocycles. The molecule has 7 heteroatoms. The lowest BCUT2D eigenvalue weighted by Gasteiger charge is -2.16. The molecule has 0 radical (unpaired) electrons. The summed E-state index contributed by atoms with van der Waals surface area (Å²) >= 11 is 0. The van der Waals surface area contributed by atoms with Gasteiger partial charge in [0.15, 0.2) is 11.5 Å². The number of anilines is 2. The average Bonchev–Trinajstić information content (AvgIpc) is 3.50. The second-order valence-electron chi connectivity index (χ2n) is 6.29. The molecule has 1 fully saturated rings. The summed E-state index contributed by atoms with van der Waals surface area (Å²) in [4.78, 5) is 25.4. The Morgan fingerprint density at radius 2 is 1.33 bits per heavy atom. The van der Waals surface area contributed by atoms with Crippen molar-refractivity contribution in [2.24, 2.45) is 5.41 Å². The van der Waals surface area contributed by atoms with Gasteiger partial charge in [-0.05, 0) is 49.2 Å². The summed E-state index contributed by atoms with van der Waals surface area (Å²) in [5, 5.41) is 5.60. The number of ether oxygens (including phenoxy) is 3. The number of rotatable bonds is 7. The van der Waals surface area contributed by atoms with Crippen LogP contribution in [0.3, 0.4) is 0 Å². The Labute approximate surface area is 157 Å². The van der Waals surface area contributed by atoms with E-state index in [2.05, 4.69) is 10.6 Å². The van der Waals surface area contributed by atoms with Crippen LogP contribution >= 0.6 is 0 Å². The Morgan fingerprint density at radius 3 is 1.85 bits per heavy atom. The van der Waals surface area contributed by atoms with E-state index in [0.29, 0.717) is 41.5 Å². The van der Waals surface area contributed by atoms with Crippen molar-refractivity contribution in [2.75, 3.05) is 32.0 Å². The van der Waals surface area contributed by atoms with Crippen molar-refractivity contribution in [2.45, 2.75) is 12.8 Å². The van der Waals surface area contributed by atoms with Crippen LogP contribution in [-0.4, -0.2) is 33.1 Å². The summed E-state index contributed by atoms with van der Waals surface area (Å²) in [6.45, 7) is 0.